The number of fused-ring (bicyclic) bond motifs is 6. The number of Topliss-reactive ketones (excluding diaryl/α,β-unsaturated/α-hetero) is 1. The maximum absolute atomic E-state index is 13.7. The van der Waals surface area contributed by atoms with E-state index < -0.39 is 23.3 Å². The predicted molar refractivity (Wildman–Crippen MR) is 137 cm³/mol. The molecule has 0 unspecified atom stereocenters. The van der Waals surface area contributed by atoms with Gasteiger partial charge in [0.05, 0.1) is 19.3 Å². The highest BCUT2D eigenvalue weighted by Crippen LogP contribution is 2.69. The molecule has 208 valence electrons. The van der Waals surface area contributed by atoms with Gasteiger partial charge in [-0.25, -0.2) is 0 Å². The maximum Gasteiger partial charge on any atom is 0.414 e. The van der Waals surface area contributed by atoms with Crippen LogP contribution < -0.4 is 0 Å². The largest absolute Gasteiger partial charge is 0.414 e. The summed E-state index contributed by atoms with van der Waals surface area (Å²) in [6, 6.07) is 0. The summed E-state index contributed by atoms with van der Waals surface area (Å²) < 4.78 is 24.9. The molecule has 4 aliphatic carbocycles. The Bertz CT molecular complexity index is 944. The van der Waals surface area contributed by atoms with Crippen LogP contribution in [0.2, 0.25) is 0 Å². The van der Waals surface area contributed by atoms with E-state index in [0.717, 1.165) is 25.7 Å². The molecule has 0 aromatic heterocycles. The van der Waals surface area contributed by atoms with Crippen LogP contribution in [0.4, 0.5) is 0 Å². The monoisotopic (exact) mass is 518 g/mol. The fourth-order valence-electron chi connectivity index (χ4n) is 8.59. The van der Waals surface area contributed by atoms with Gasteiger partial charge in [-0.3, -0.25) is 19.1 Å². The van der Waals surface area contributed by atoms with Gasteiger partial charge in [-0.05, 0) is 79.6 Å². The molecule has 7 heteroatoms. The summed E-state index contributed by atoms with van der Waals surface area (Å²) in [7, 11) is 0. The SMILES string of the molecule is CC(C)COC1(OCC(C)C)OCC(=O)[C@]2(CC[C@H]3[C@@H]4CCC5=CC(=O)CC[C@]5(C)[C@H]4[C@@H](O)C[C@@]32C)O1. The van der Waals surface area contributed by atoms with Crippen molar-refractivity contribution in [2.75, 3.05) is 19.8 Å². The summed E-state index contributed by atoms with van der Waals surface area (Å²) in [5.41, 5.74) is -0.653. The zero-order chi connectivity index (χ0) is 26.8. The summed E-state index contributed by atoms with van der Waals surface area (Å²) in [4.78, 5) is 25.9. The highest BCUT2D eigenvalue weighted by molar-refractivity contribution is 5.92. The van der Waals surface area contributed by atoms with Crippen molar-refractivity contribution in [3.8, 4) is 0 Å². The molecule has 0 radical (unpaired) electrons. The summed E-state index contributed by atoms with van der Waals surface area (Å²) in [5.74, 6) is 1.18. The number of carbonyl (C=O) groups is 2. The highest BCUT2D eigenvalue weighted by atomic mass is 17.0. The van der Waals surface area contributed by atoms with E-state index in [9.17, 15) is 14.7 Å². The number of ketones is 2. The predicted octanol–water partition coefficient (Wildman–Crippen LogP) is 4.80. The molecule has 4 fully saturated rings. The Kier molecular flexibility index (Phi) is 7.06. The molecule has 5 aliphatic rings. The van der Waals surface area contributed by atoms with Crippen molar-refractivity contribution in [3.63, 3.8) is 0 Å². The van der Waals surface area contributed by atoms with Gasteiger partial charge in [-0.2, -0.15) is 0 Å². The molecule has 5 rings (SSSR count). The lowest BCUT2D eigenvalue weighted by Crippen LogP contribution is -2.68. The van der Waals surface area contributed by atoms with Crippen molar-refractivity contribution in [1.82, 2.24) is 0 Å². The van der Waals surface area contributed by atoms with Crippen LogP contribution in [-0.2, 0) is 28.5 Å². The van der Waals surface area contributed by atoms with Gasteiger partial charge in [-0.15, -0.1) is 0 Å². The van der Waals surface area contributed by atoms with Crippen molar-refractivity contribution >= 4 is 11.6 Å². The second-order valence-corrected chi connectivity index (χ2v) is 13.7. The molecule has 7 atom stereocenters. The van der Waals surface area contributed by atoms with Crippen molar-refractivity contribution in [1.29, 1.82) is 0 Å². The van der Waals surface area contributed by atoms with Gasteiger partial charge < -0.3 is 14.6 Å². The molecule has 37 heavy (non-hydrogen) atoms. The van der Waals surface area contributed by atoms with Crippen LogP contribution in [-0.4, -0.2) is 54.4 Å². The molecule has 0 aromatic rings. The molecule has 0 amide bonds. The van der Waals surface area contributed by atoms with E-state index in [1.165, 1.54) is 5.57 Å². The standard InChI is InChI=1S/C30H46O7/c1-18(2)15-34-30(35-16-19(3)4)36-17-25(33)29(37-30)12-10-23-22-8-7-20-13-21(31)9-11-27(20,5)26(22)24(32)14-28(23,29)6/h13,18-19,22-24,26,32H,7-12,14-17H2,1-6H3/t22-,23-,24-,26+,27-,28-,29-/m0/s1. The third-order valence-corrected chi connectivity index (χ3v) is 10.3. The number of hydrogen-bond acceptors (Lipinski definition) is 7. The molecule has 0 bridgehead atoms. The number of allylic oxidation sites excluding steroid dienone is 1. The van der Waals surface area contributed by atoms with Crippen LogP contribution in [0, 0.1) is 40.4 Å². The molecule has 1 aliphatic heterocycles. The first kappa shape index (κ1) is 27.4. The topological polar surface area (TPSA) is 91.3 Å². The van der Waals surface area contributed by atoms with E-state index in [1.807, 2.05) is 6.08 Å². The quantitative estimate of drug-likeness (QED) is 0.505. The Morgan fingerprint density at radius 3 is 2.35 bits per heavy atom. The van der Waals surface area contributed by atoms with Crippen molar-refractivity contribution in [2.45, 2.75) is 104 Å². The van der Waals surface area contributed by atoms with E-state index in [1.54, 1.807) is 0 Å². The normalized spacial score (nSPS) is 43.1. The first-order valence-corrected chi connectivity index (χ1v) is 14.4. The number of carbonyl (C=O) groups excluding carboxylic acids is 2. The minimum atomic E-state index is -1.72. The lowest BCUT2D eigenvalue weighted by atomic mass is 9.45. The summed E-state index contributed by atoms with van der Waals surface area (Å²) >= 11 is 0. The van der Waals surface area contributed by atoms with Gasteiger partial charge in [0.15, 0.2) is 11.6 Å². The molecule has 3 saturated carbocycles. The van der Waals surface area contributed by atoms with E-state index in [-0.39, 0.29) is 53.2 Å². The Hall–Kier alpha value is -1.12. The Labute approximate surface area is 221 Å². The van der Waals surface area contributed by atoms with Crippen LogP contribution in [0.3, 0.4) is 0 Å². The lowest BCUT2D eigenvalue weighted by molar-refractivity contribution is -0.532. The Balaban J connectivity index is 1.48. The zero-order valence-electron chi connectivity index (χ0n) is 23.5. The van der Waals surface area contributed by atoms with E-state index in [2.05, 4.69) is 41.5 Å². The first-order valence-electron chi connectivity index (χ1n) is 14.4. The van der Waals surface area contributed by atoms with Crippen LogP contribution in [0.5, 0.6) is 0 Å². The first-order chi connectivity index (χ1) is 17.4. The van der Waals surface area contributed by atoms with Crippen molar-refractivity contribution in [3.05, 3.63) is 11.6 Å². The number of aliphatic hydroxyl groups is 1. The second kappa shape index (κ2) is 9.51. The molecular formula is C30H46O7. The summed E-state index contributed by atoms with van der Waals surface area (Å²) in [6.45, 7) is 13.2. The van der Waals surface area contributed by atoms with Gasteiger partial charge in [0.25, 0.3) is 0 Å². The Morgan fingerprint density at radius 2 is 1.70 bits per heavy atom. The molecule has 1 spiro atoms. The minimum Gasteiger partial charge on any atom is -0.393 e. The van der Waals surface area contributed by atoms with E-state index >= 15 is 0 Å². The van der Waals surface area contributed by atoms with Crippen molar-refractivity contribution in [2.24, 2.45) is 40.4 Å². The molecular weight excluding hydrogens is 472 g/mol. The van der Waals surface area contributed by atoms with Gasteiger partial charge in [0.1, 0.15) is 12.2 Å². The van der Waals surface area contributed by atoms with Gasteiger partial charge >= 0.3 is 6.16 Å². The molecule has 7 nitrogen and oxygen atoms in total. The van der Waals surface area contributed by atoms with Crippen LogP contribution in [0.15, 0.2) is 11.6 Å². The highest BCUT2D eigenvalue weighted by Gasteiger charge is 2.72. The van der Waals surface area contributed by atoms with E-state index in [0.29, 0.717) is 32.5 Å². The summed E-state index contributed by atoms with van der Waals surface area (Å²) in [5, 5.41) is 11.8. The zero-order valence-corrected chi connectivity index (χ0v) is 23.5. The molecule has 0 aromatic carbocycles. The van der Waals surface area contributed by atoms with Gasteiger partial charge in [-0.1, -0.05) is 47.1 Å². The molecule has 1 N–H and O–H groups in total. The van der Waals surface area contributed by atoms with Crippen molar-refractivity contribution < 1.29 is 33.6 Å². The number of rotatable bonds is 6. The lowest BCUT2D eigenvalue weighted by Gasteiger charge is -2.61. The smallest absolute Gasteiger partial charge is 0.393 e. The minimum absolute atomic E-state index is 0.0778. The number of hydrogen-bond donors (Lipinski definition) is 1. The Morgan fingerprint density at radius 1 is 1.03 bits per heavy atom. The summed E-state index contributed by atoms with van der Waals surface area (Å²) in [6.07, 6.45) is 4.61. The average Bonchev–Trinajstić information content (AvgIpc) is 3.11. The number of ether oxygens (including phenoxy) is 4. The van der Waals surface area contributed by atoms with Gasteiger partial charge in [0.2, 0.25) is 0 Å². The van der Waals surface area contributed by atoms with E-state index in [4.69, 9.17) is 18.9 Å². The second-order valence-electron chi connectivity index (χ2n) is 13.7. The average molecular weight is 519 g/mol. The van der Waals surface area contributed by atoms with Crippen LogP contribution in [0.1, 0.15) is 86.5 Å². The molecule has 1 saturated heterocycles. The fraction of sp³-hybridized carbons (Fsp3) is 0.867. The van der Waals surface area contributed by atoms with Gasteiger partial charge in [0, 0.05) is 11.8 Å². The third kappa shape index (κ3) is 4.28. The number of aliphatic hydroxyl groups excluding tert-OH is 1. The molecule has 1 heterocycles. The third-order valence-electron chi connectivity index (χ3n) is 10.3. The van der Waals surface area contributed by atoms with Crippen LogP contribution >= 0.6 is 0 Å². The fourth-order valence-corrected chi connectivity index (χ4v) is 8.59. The van der Waals surface area contributed by atoms with Crippen LogP contribution in [0.25, 0.3) is 0 Å². The maximum atomic E-state index is 13.7.